The van der Waals surface area contributed by atoms with Gasteiger partial charge < -0.3 is 5.32 Å². The van der Waals surface area contributed by atoms with Gasteiger partial charge in [0.05, 0.1) is 5.69 Å². The maximum Gasteiger partial charge on any atom is 0.224 e. The van der Waals surface area contributed by atoms with E-state index in [-0.39, 0.29) is 5.91 Å². The lowest BCUT2D eigenvalue weighted by Gasteiger charge is -2.08. The van der Waals surface area contributed by atoms with E-state index in [1.54, 1.807) is 10.8 Å². The molecule has 0 atom stereocenters. The minimum Gasteiger partial charge on any atom is -0.326 e. The molecule has 0 bridgehead atoms. The van der Waals surface area contributed by atoms with Gasteiger partial charge in [-0.15, -0.1) is 10.2 Å². The number of nitrogens with one attached hydrogen (secondary N) is 1. The highest BCUT2D eigenvalue weighted by atomic mass is 16.1. The second kappa shape index (κ2) is 5.93. The van der Waals surface area contributed by atoms with Gasteiger partial charge in [0.25, 0.3) is 0 Å². The number of fused-ring (bicyclic) bond motifs is 1. The smallest absolute Gasteiger partial charge is 0.224 e. The molecule has 3 aromatic rings. The van der Waals surface area contributed by atoms with Gasteiger partial charge in [-0.2, -0.15) is 9.61 Å². The van der Waals surface area contributed by atoms with Crippen LogP contribution in [0.25, 0.3) is 16.9 Å². The van der Waals surface area contributed by atoms with E-state index in [1.165, 1.54) is 0 Å². The predicted octanol–water partition coefficient (Wildman–Crippen LogP) is 2.78. The van der Waals surface area contributed by atoms with Gasteiger partial charge in [-0.1, -0.05) is 26.0 Å². The zero-order valence-corrected chi connectivity index (χ0v) is 12.5. The molecule has 22 heavy (non-hydrogen) atoms. The summed E-state index contributed by atoms with van der Waals surface area (Å²) in [7, 11) is 0. The topological polar surface area (TPSA) is 72.2 Å². The molecule has 6 heteroatoms. The van der Waals surface area contributed by atoms with E-state index in [0.29, 0.717) is 18.0 Å². The van der Waals surface area contributed by atoms with Gasteiger partial charge >= 0.3 is 0 Å². The lowest BCUT2D eigenvalue weighted by atomic mass is 10.1. The Morgan fingerprint density at radius 1 is 1.27 bits per heavy atom. The molecule has 0 radical (unpaired) electrons. The second-order valence-corrected chi connectivity index (χ2v) is 5.58. The number of benzene rings is 1. The summed E-state index contributed by atoms with van der Waals surface area (Å²) in [5, 5.41) is 15.1. The monoisotopic (exact) mass is 295 g/mol. The van der Waals surface area contributed by atoms with Gasteiger partial charge in [0, 0.05) is 17.7 Å². The first-order valence-electron chi connectivity index (χ1n) is 7.19. The quantitative estimate of drug-likeness (QED) is 0.803. The molecular formula is C16H17N5O. The van der Waals surface area contributed by atoms with Gasteiger partial charge in [-0.25, -0.2) is 0 Å². The van der Waals surface area contributed by atoms with E-state index < -0.39 is 0 Å². The largest absolute Gasteiger partial charge is 0.326 e. The normalized spacial score (nSPS) is 11.0. The molecule has 0 spiro atoms. The van der Waals surface area contributed by atoms with E-state index in [0.717, 1.165) is 16.9 Å². The Kier molecular flexibility index (Phi) is 3.82. The van der Waals surface area contributed by atoms with Crippen LogP contribution in [0.15, 0.2) is 42.7 Å². The Hall–Kier alpha value is -2.76. The van der Waals surface area contributed by atoms with Gasteiger partial charge in [-0.3, -0.25) is 4.79 Å². The van der Waals surface area contributed by atoms with Crippen LogP contribution in [0.2, 0.25) is 0 Å². The molecule has 1 N–H and O–H groups in total. The highest BCUT2D eigenvalue weighted by molar-refractivity contribution is 5.91. The number of carbonyl (C=O) groups excluding carboxylic acids is 1. The van der Waals surface area contributed by atoms with E-state index in [4.69, 9.17) is 0 Å². The molecule has 0 aliphatic rings. The molecule has 1 amide bonds. The van der Waals surface area contributed by atoms with Crippen molar-refractivity contribution in [1.82, 2.24) is 19.8 Å². The average Bonchev–Trinajstić information content (AvgIpc) is 2.93. The van der Waals surface area contributed by atoms with Crippen molar-refractivity contribution in [2.75, 3.05) is 5.32 Å². The molecule has 6 nitrogen and oxygen atoms in total. The molecule has 0 saturated heterocycles. The Morgan fingerprint density at radius 3 is 2.95 bits per heavy atom. The molecule has 2 aromatic heterocycles. The summed E-state index contributed by atoms with van der Waals surface area (Å²) in [6.07, 6.45) is 2.07. The number of hydrogen-bond donors (Lipinski definition) is 1. The minimum atomic E-state index is 0.0226. The van der Waals surface area contributed by atoms with Crippen LogP contribution in [0.5, 0.6) is 0 Å². The van der Waals surface area contributed by atoms with Gasteiger partial charge in [0.2, 0.25) is 5.91 Å². The molecule has 0 saturated carbocycles. The number of rotatable bonds is 4. The SMILES string of the molecule is CC(C)CC(=O)Nc1cccc(-c2ccc3nncn3n2)c1. The maximum absolute atomic E-state index is 11.9. The first-order valence-corrected chi connectivity index (χ1v) is 7.19. The third kappa shape index (κ3) is 3.11. The van der Waals surface area contributed by atoms with Crippen molar-refractivity contribution in [2.24, 2.45) is 5.92 Å². The lowest BCUT2D eigenvalue weighted by molar-refractivity contribution is -0.116. The summed E-state index contributed by atoms with van der Waals surface area (Å²) in [4.78, 5) is 11.9. The number of carbonyl (C=O) groups is 1. The highest BCUT2D eigenvalue weighted by Gasteiger charge is 2.07. The molecule has 112 valence electrons. The van der Waals surface area contributed by atoms with Crippen LogP contribution in [-0.2, 0) is 4.79 Å². The van der Waals surface area contributed by atoms with Crippen molar-refractivity contribution in [1.29, 1.82) is 0 Å². The van der Waals surface area contributed by atoms with Crippen LogP contribution in [0.3, 0.4) is 0 Å². The van der Waals surface area contributed by atoms with E-state index >= 15 is 0 Å². The molecular weight excluding hydrogens is 278 g/mol. The van der Waals surface area contributed by atoms with Crippen LogP contribution < -0.4 is 5.32 Å². The molecule has 0 aliphatic heterocycles. The fraction of sp³-hybridized carbons (Fsp3) is 0.250. The van der Waals surface area contributed by atoms with Gasteiger partial charge in [-0.05, 0) is 30.2 Å². The molecule has 2 heterocycles. The first-order chi connectivity index (χ1) is 10.6. The highest BCUT2D eigenvalue weighted by Crippen LogP contribution is 2.21. The van der Waals surface area contributed by atoms with Crippen molar-refractivity contribution in [3.8, 4) is 11.3 Å². The predicted molar refractivity (Wildman–Crippen MR) is 84.3 cm³/mol. The zero-order valence-electron chi connectivity index (χ0n) is 12.5. The third-order valence-electron chi connectivity index (χ3n) is 3.20. The summed E-state index contributed by atoms with van der Waals surface area (Å²) in [6.45, 7) is 4.04. The van der Waals surface area contributed by atoms with Gasteiger partial charge in [0.1, 0.15) is 6.33 Å². The fourth-order valence-corrected chi connectivity index (χ4v) is 2.22. The van der Waals surface area contributed by atoms with Crippen molar-refractivity contribution in [3.63, 3.8) is 0 Å². The third-order valence-corrected chi connectivity index (χ3v) is 3.20. The molecule has 3 rings (SSSR count). The molecule has 0 fully saturated rings. The van der Waals surface area contributed by atoms with E-state index in [1.807, 2.05) is 50.2 Å². The van der Waals surface area contributed by atoms with Crippen molar-refractivity contribution >= 4 is 17.2 Å². The number of anilines is 1. The first kappa shape index (κ1) is 14.2. The Morgan fingerprint density at radius 2 is 2.14 bits per heavy atom. The average molecular weight is 295 g/mol. The maximum atomic E-state index is 11.9. The van der Waals surface area contributed by atoms with Crippen molar-refractivity contribution in [3.05, 3.63) is 42.7 Å². The van der Waals surface area contributed by atoms with Crippen LogP contribution >= 0.6 is 0 Å². The van der Waals surface area contributed by atoms with Crippen LogP contribution in [-0.4, -0.2) is 25.7 Å². The standard InChI is InChI=1S/C16H17N5O/c1-11(2)8-16(22)18-13-5-3-4-12(9-13)14-6-7-15-19-17-10-21(15)20-14/h3-7,9-11H,8H2,1-2H3,(H,18,22). The molecule has 0 aliphatic carbocycles. The lowest BCUT2D eigenvalue weighted by Crippen LogP contribution is -2.13. The summed E-state index contributed by atoms with van der Waals surface area (Å²) in [6, 6.07) is 11.4. The summed E-state index contributed by atoms with van der Waals surface area (Å²) in [5.41, 5.74) is 3.20. The Bertz CT molecular complexity index is 809. The minimum absolute atomic E-state index is 0.0226. The van der Waals surface area contributed by atoms with E-state index in [9.17, 15) is 4.79 Å². The van der Waals surface area contributed by atoms with E-state index in [2.05, 4.69) is 20.6 Å². The van der Waals surface area contributed by atoms with Crippen LogP contribution in [0, 0.1) is 5.92 Å². The molecule has 0 unspecified atom stereocenters. The van der Waals surface area contributed by atoms with Crippen molar-refractivity contribution in [2.45, 2.75) is 20.3 Å². The zero-order chi connectivity index (χ0) is 15.5. The fourth-order valence-electron chi connectivity index (χ4n) is 2.22. The number of hydrogen-bond acceptors (Lipinski definition) is 4. The second-order valence-electron chi connectivity index (χ2n) is 5.58. The van der Waals surface area contributed by atoms with Crippen molar-refractivity contribution < 1.29 is 4.79 Å². The van der Waals surface area contributed by atoms with Gasteiger partial charge in [0.15, 0.2) is 5.65 Å². The number of aromatic nitrogens is 4. The number of nitrogens with zero attached hydrogens (tertiary/aromatic N) is 4. The Labute approximate surface area is 128 Å². The summed E-state index contributed by atoms with van der Waals surface area (Å²) >= 11 is 0. The van der Waals surface area contributed by atoms with Crippen LogP contribution in [0.4, 0.5) is 5.69 Å². The molecule has 1 aromatic carbocycles. The summed E-state index contributed by atoms with van der Waals surface area (Å²) in [5.74, 6) is 0.357. The van der Waals surface area contributed by atoms with Crippen LogP contribution in [0.1, 0.15) is 20.3 Å². The Balaban J connectivity index is 1.85. The summed E-state index contributed by atoms with van der Waals surface area (Å²) < 4.78 is 1.62. The number of amides is 1.